The number of methoxy groups -OCH3 is 2. The fraction of sp³-hybridized carbons (Fsp3) is 0.333. The minimum absolute atomic E-state index is 0.0655. The van der Waals surface area contributed by atoms with Gasteiger partial charge in [-0.2, -0.15) is 0 Å². The van der Waals surface area contributed by atoms with Gasteiger partial charge in [0.25, 0.3) is 5.91 Å². The molecule has 0 bridgehead atoms. The summed E-state index contributed by atoms with van der Waals surface area (Å²) >= 11 is 0. The number of rotatable bonds is 5. The SMILES string of the molecule is COc1ccc(NC(=O)C2CCN(C(=O)c3ccccc3F)CC2)cc1OC. The maximum atomic E-state index is 13.8. The van der Waals surface area contributed by atoms with Gasteiger partial charge in [-0.25, -0.2) is 4.39 Å². The molecule has 148 valence electrons. The fourth-order valence-corrected chi connectivity index (χ4v) is 3.31. The Hall–Kier alpha value is -3.09. The van der Waals surface area contributed by atoms with Gasteiger partial charge in [0.1, 0.15) is 5.82 Å². The van der Waals surface area contributed by atoms with Crippen LogP contribution in [0.4, 0.5) is 10.1 Å². The second kappa shape index (κ2) is 8.73. The molecule has 1 fully saturated rings. The number of halogens is 1. The van der Waals surface area contributed by atoms with Gasteiger partial charge in [-0.1, -0.05) is 12.1 Å². The van der Waals surface area contributed by atoms with Crippen molar-refractivity contribution in [2.75, 3.05) is 32.6 Å². The van der Waals surface area contributed by atoms with Crippen LogP contribution in [0, 0.1) is 11.7 Å². The van der Waals surface area contributed by atoms with Crippen molar-refractivity contribution in [1.29, 1.82) is 0 Å². The Morgan fingerprint density at radius 2 is 1.71 bits per heavy atom. The molecule has 3 rings (SSSR count). The number of carbonyl (C=O) groups excluding carboxylic acids is 2. The molecule has 0 unspecified atom stereocenters. The predicted octanol–water partition coefficient (Wildman–Crippen LogP) is 3.33. The van der Waals surface area contributed by atoms with Crippen LogP contribution >= 0.6 is 0 Å². The summed E-state index contributed by atoms with van der Waals surface area (Å²) in [5, 5.41) is 2.88. The van der Waals surface area contributed by atoms with E-state index < -0.39 is 5.82 Å². The van der Waals surface area contributed by atoms with Gasteiger partial charge >= 0.3 is 0 Å². The van der Waals surface area contributed by atoms with Crippen LogP contribution in [-0.4, -0.2) is 44.0 Å². The molecule has 7 heteroatoms. The number of amides is 2. The van der Waals surface area contributed by atoms with E-state index in [1.165, 1.54) is 19.2 Å². The van der Waals surface area contributed by atoms with Crippen LogP contribution in [0.3, 0.4) is 0 Å². The molecule has 2 amide bonds. The van der Waals surface area contributed by atoms with Crippen LogP contribution in [0.15, 0.2) is 42.5 Å². The summed E-state index contributed by atoms with van der Waals surface area (Å²) in [6, 6.07) is 11.1. The lowest BCUT2D eigenvalue weighted by molar-refractivity contribution is -0.121. The number of ether oxygens (including phenoxy) is 2. The molecule has 0 radical (unpaired) electrons. The van der Waals surface area contributed by atoms with Gasteiger partial charge in [-0.3, -0.25) is 9.59 Å². The number of nitrogens with one attached hydrogen (secondary N) is 1. The van der Waals surface area contributed by atoms with Crippen molar-refractivity contribution < 1.29 is 23.5 Å². The Morgan fingerprint density at radius 1 is 1.04 bits per heavy atom. The summed E-state index contributed by atoms with van der Waals surface area (Å²) in [4.78, 5) is 26.7. The molecule has 1 heterocycles. The first-order valence-electron chi connectivity index (χ1n) is 9.10. The van der Waals surface area contributed by atoms with E-state index in [1.807, 2.05) is 0 Å². The lowest BCUT2D eigenvalue weighted by Crippen LogP contribution is -2.41. The largest absolute Gasteiger partial charge is 0.493 e. The van der Waals surface area contributed by atoms with E-state index in [-0.39, 0.29) is 23.3 Å². The van der Waals surface area contributed by atoms with Crippen LogP contribution < -0.4 is 14.8 Å². The zero-order valence-corrected chi connectivity index (χ0v) is 15.9. The Kier molecular flexibility index (Phi) is 6.13. The van der Waals surface area contributed by atoms with Crippen molar-refractivity contribution in [2.45, 2.75) is 12.8 Å². The van der Waals surface area contributed by atoms with Crippen molar-refractivity contribution in [3.8, 4) is 11.5 Å². The Labute approximate surface area is 163 Å². The summed E-state index contributed by atoms with van der Waals surface area (Å²) in [5.41, 5.74) is 0.684. The third kappa shape index (κ3) is 4.24. The number of hydrogen-bond acceptors (Lipinski definition) is 4. The summed E-state index contributed by atoms with van der Waals surface area (Å²) in [7, 11) is 3.08. The Morgan fingerprint density at radius 3 is 2.36 bits per heavy atom. The van der Waals surface area contributed by atoms with Crippen LogP contribution in [0.25, 0.3) is 0 Å². The van der Waals surface area contributed by atoms with Crippen molar-refractivity contribution in [3.05, 3.63) is 53.8 Å². The lowest BCUT2D eigenvalue weighted by atomic mass is 9.95. The molecule has 1 aliphatic rings. The van der Waals surface area contributed by atoms with E-state index in [9.17, 15) is 14.0 Å². The summed E-state index contributed by atoms with van der Waals surface area (Å²) in [5.74, 6) is -0.0632. The van der Waals surface area contributed by atoms with E-state index >= 15 is 0 Å². The molecule has 0 spiro atoms. The van der Waals surface area contributed by atoms with Gasteiger partial charge in [0, 0.05) is 30.8 Å². The molecule has 1 saturated heterocycles. The topological polar surface area (TPSA) is 67.9 Å². The van der Waals surface area contributed by atoms with E-state index in [0.29, 0.717) is 43.1 Å². The minimum Gasteiger partial charge on any atom is -0.493 e. The van der Waals surface area contributed by atoms with Gasteiger partial charge in [-0.05, 0) is 37.1 Å². The number of hydrogen-bond donors (Lipinski definition) is 1. The molecule has 2 aromatic carbocycles. The number of anilines is 1. The molecule has 28 heavy (non-hydrogen) atoms. The molecular weight excluding hydrogens is 363 g/mol. The monoisotopic (exact) mass is 386 g/mol. The van der Waals surface area contributed by atoms with Crippen molar-refractivity contribution >= 4 is 17.5 Å². The molecule has 1 N–H and O–H groups in total. The highest BCUT2D eigenvalue weighted by Crippen LogP contribution is 2.30. The van der Waals surface area contributed by atoms with Gasteiger partial charge < -0.3 is 19.7 Å². The van der Waals surface area contributed by atoms with Crippen LogP contribution in [0.5, 0.6) is 11.5 Å². The Bertz CT molecular complexity index is 863. The van der Waals surface area contributed by atoms with Crippen molar-refractivity contribution in [1.82, 2.24) is 4.90 Å². The maximum Gasteiger partial charge on any atom is 0.256 e. The highest BCUT2D eigenvalue weighted by atomic mass is 19.1. The third-order valence-corrected chi connectivity index (χ3v) is 4.91. The molecule has 0 saturated carbocycles. The zero-order valence-electron chi connectivity index (χ0n) is 15.9. The maximum absolute atomic E-state index is 13.8. The third-order valence-electron chi connectivity index (χ3n) is 4.91. The molecule has 0 aromatic heterocycles. The van der Waals surface area contributed by atoms with Gasteiger partial charge in [0.05, 0.1) is 19.8 Å². The first kappa shape index (κ1) is 19.7. The first-order valence-corrected chi connectivity index (χ1v) is 9.10. The summed E-state index contributed by atoms with van der Waals surface area (Å²) < 4.78 is 24.3. The average molecular weight is 386 g/mol. The normalized spacial score (nSPS) is 14.5. The smallest absolute Gasteiger partial charge is 0.256 e. The second-order valence-corrected chi connectivity index (χ2v) is 6.61. The van der Waals surface area contributed by atoms with Crippen molar-refractivity contribution in [2.24, 2.45) is 5.92 Å². The molecular formula is C21H23FN2O4. The number of nitrogens with zero attached hydrogens (tertiary/aromatic N) is 1. The average Bonchev–Trinajstić information content (AvgIpc) is 2.73. The van der Waals surface area contributed by atoms with Crippen LogP contribution in [0.2, 0.25) is 0 Å². The Balaban J connectivity index is 1.58. The van der Waals surface area contributed by atoms with E-state index in [1.54, 1.807) is 42.3 Å². The number of piperidine rings is 1. The molecule has 1 aliphatic heterocycles. The highest BCUT2D eigenvalue weighted by molar-refractivity contribution is 5.95. The number of likely N-dealkylation sites (tertiary alicyclic amines) is 1. The van der Waals surface area contributed by atoms with Gasteiger partial charge in [-0.15, -0.1) is 0 Å². The second-order valence-electron chi connectivity index (χ2n) is 6.61. The van der Waals surface area contributed by atoms with Crippen LogP contribution in [-0.2, 0) is 4.79 Å². The number of carbonyl (C=O) groups is 2. The van der Waals surface area contributed by atoms with Gasteiger partial charge in [0.15, 0.2) is 11.5 Å². The molecule has 6 nitrogen and oxygen atoms in total. The zero-order chi connectivity index (χ0) is 20.1. The lowest BCUT2D eigenvalue weighted by Gasteiger charge is -2.31. The molecule has 2 aromatic rings. The van der Waals surface area contributed by atoms with Crippen LogP contribution in [0.1, 0.15) is 23.2 Å². The first-order chi connectivity index (χ1) is 13.5. The van der Waals surface area contributed by atoms with E-state index in [2.05, 4.69) is 5.32 Å². The van der Waals surface area contributed by atoms with E-state index in [0.717, 1.165) is 0 Å². The van der Waals surface area contributed by atoms with E-state index in [4.69, 9.17) is 9.47 Å². The quantitative estimate of drug-likeness (QED) is 0.856. The van der Waals surface area contributed by atoms with Crippen molar-refractivity contribution in [3.63, 3.8) is 0 Å². The summed E-state index contributed by atoms with van der Waals surface area (Å²) in [6.07, 6.45) is 1.05. The number of benzene rings is 2. The summed E-state index contributed by atoms with van der Waals surface area (Å²) in [6.45, 7) is 0.828. The standard InChI is InChI=1S/C21H23FN2O4/c1-27-18-8-7-15(13-19(18)28-2)23-20(25)14-9-11-24(12-10-14)21(26)16-5-3-4-6-17(16)22/h3-8,13-14H,9-12H2,1-2H3,(H,23,25). The highest BCUT2D eigenvalue weighted by Gasteiger charge is 2.28. The fourth-order valence-electron chi connectivity index (χ4n) is 3.31. The minimum atomic E-state index is -0.527. The van der Waals surface area contributed by atoms with Gasteiger partial charge in [0.2, 0.25) is 5.91 Å². The molecule has 0 aliphatic carbocycles. The predicted molar refractivity (Wildman–Crippen MR) is 103 cm³/mol. The molecule has 0 atom stereocenters.